The molecule has 2 saturated heterocycles. The Labute approximate surface area is 108 Å². The molecule has 0 radical (unpaired) electrons. The number of rotatable bonds is 2. The molecule has 3 rings (SSSR count). The third kappa shape index (κ3) is 2.56. The molecule has 3 aliphatic heterocycles. The number of hydrogen-bond acceptors (Lipinski definition) is 4. The normalized spacial score (nSPS) is 36.9. The number of piperidine rings is 1. The fraction of sp³-hybridized carbons (Fsp3) is 0.923. The molecular weight excluding hydrogens is 230 g/mol. The number of guanidine groups is 1. The molecule has 17 heavy (non-hydrogen) atoms. The molecule has 3 unspecified atom stereocenters. The minimum atomic E-state index is 0.701. The van der Waals surface area contributed by atoms with Gasteiger partial charge in [0.25, 0.3) is 0 Å². The van der Waals surface area contributed by atoms with Gasteiger partial charge in [0.2, 0.25) is 0 Å². The van der Waals surface area contributed by atoms with E-state index in [-0.39, 0.29) is 0 Å². The first-order valence-electron chi connectivity index (χ1n) is 6.95. The summed E-state index contributed by atoms with van der Waals surface area (Å²) in [5.41, 5.74) is 0. The third-order valence-corrected chi connectivity index (χ3v) is 5.47. The number of aliphatic imine (C=N–C) groups is 1. The molecule has 0 aromatic heterocycles. The Kier molecular flexibility index (Phi) is 3.50. The van der Waals surface area contributed by atoms with Crippen LogP contribution in [0, 0.1) is 11.8 Å². The van der Waals surface area contributed by atoms with Gasteiger partial charge in [0.15, 0.2) is 5.96 Å². The fourth-order valence-corrected chi connectivity index (χ4v) is 4.36. The van der Waals surface area contributed by atoms with Crippen LogP contribution >= 0.6 is 11.8 Å². The van der Waals surface area contributed by atoms with Crippen LogP contribution in [0.3, 0.4) is 0 Å². The van der Waals surface area contributed by atoms with Gasteiger partial charge < -0.3 is 10.2 Å². The summed E-state index contributed by atoms with van der Waals surface area (Å²) >= 11 is 2.09. The maximum atomic E-state index is 4.70. The van der Waals surface area contributed by atoms with Crippen molar-refractivity contribution in [1.82, 2.24) is 10.2 Å². The van der Waals surface area contributed by atoms with Gasteiger partial charge in [0.05, 0.1) is 12.6 Å². The van der Waals surface area contributed by atoms with Crippen LogP contribution in [0.1, 0.15) is 26.2 Å². The lowest BCUT2D eigenvalue weighted by Crippen LogP contribution is -2.49. The van der Waals surface area contributed by atoms with Crippen LogP contribution < -0.4 is 5.32 Å². The number of fused-ring (bicyclic) bond motifs is 1. The minimum absolute atomic E-state index is 0.701. The zero-order chi connectivity index (χ0) is 11.7. The average Bonchev–Trinajstić information content (AvgIpc) is 2.94. The van der Waals surface area contributed by atoms with E-state index in [1.54, 1.807) is 0 Å². The summed E-state index contributed by atoms with van der Waals surface area (Å²) in [6.07, 6.45) is 4.09. The molecule has 0 bridgehead atoms. The molecule has 0 spiro atoms. The standard InChI is InChI=1S/C13H23N3S/c1-10-2-3-12-7-15-13(16(12)8-10)14-6-11-4-5-17-9-11/h10-12H,2-9H2,1H3,(H,14,15). The van der Waals surface area contributed by atoms with Crippen LogP contribution in [-0.4, -0.2) is 48.0 Å². The zero-order valence-electron chi connectivity index (χ0n) is 10.7. The van der Waals surface area contributed by atoms with Crippen molar-refractivity contribution in [3.63, 3.8) is 0 Å². The number of nitrogens with one attached hydrogen (secondary N) is 1. The van der Waals surface area contributed by atoms with Gasteiger partial charge in [-0.15, -0.1) is 0 Å². The van der Waals surface area contributed by atoms with Crippen LogP contribution in [0.5, 0.6) is 0 Å². The van der Waals surface area contributed by atoms with Gasteiger partial charge in [0.1, 0.15) is 0 Å². The summed E-state index contributed by atoms with van der Waals surface area (Å²) in [6, 6.07) is 0.701. The Balaban J connectivity index is 1.52. The SMILES string of the molecule is CC1CCC2CN=C(NCC3CCSC3)N2C1. The molecule has 0 aromatic rings. The summed E-state index contributed by atoms with van der Waals surface area (Å²) in [6.45, 7) is 5.72. The molecule has 3 nitrogen and oxygen atoms in total. The van der Waals surface area contributed by atoms with Crippen molar-refractivity contribution in [1.29, 1.82) is 0 Å². The maximum absolute atomic E-state index is 4.70. The van der Waals surface area contributed by atoms with Crippen molar-refractivity contribution in [3.8, 4) is 0 Å². The largest absolute Gasteiger partial charge is 0.356 e. The Morgan fingerprint density at radius 3 is 3.18 bits per heavy atom. The molecule has 4 heteroatoms. The molecule has 0 amide bonds. The molecule has 3 heterocycles. The molecular formula is C13H23N3S. The van der Waals surface area contributed by atoms with Gasteiger partial charge in [-0.2, -0.15) is 11.8 Å². The average molecular weight is 253 g/mol. The predicted octanol–water partition coefficient (Wildman–Crippen LogP) is 1.80. The summed E-state index contributed by atoms with van der Waals surface area (Å²) in [7, 11) is 0. The van der Waals surface area contributed by atoms with Crippen LogP contribution in [-0.2, 0) is 0 Å². The third-order valence-electron chi connectivity index (χ3n) is 4.24. The molecule has 2 fully saturated rings. The topological polar surface area (TPSA) is 27.6 Å². The van der Waals surface area contributed by atoms with E-state index in [0.717, 1.165) is 24.9 Å². The Bertz CT molecular complexity index is 299. The monoisotopic (exact) mass is 253 g/mol. The molecule has 0 saturated carbocycles. The van der Waals surface area contributed by atoms with Crippen molar-refractivity contribution < 1.29 is 0 Å². The van der Waals surface area contributed by atoms with Crippen molar-refractivity contribution in [2.45, 2.75) is 32.2 Å². The van der Waals surface area contributed by atoms with Gasteiger partial charge in [-0.1, -0.05) is 6.92 Å². The molecule has 0 aromatic carbocycles. The summed E-state index contributed by atoms with van der Waals surface area (Å²) in [4.78, 5) is 7.22. The summed E-state index contributed by atoms with van der Waals surface area (Å²) < 4.78 is 0. The fourth-order valence-electron chi connectivity index (χ4n) is 3.08. The van der Waals surface area contributed by atoms with E-state index in [2.05, 4.69) is 28.9 Å². The lowest BCUT2D eigenvalue weighted by atomic mass is 9.95. The molecule has 1 N–H and O–H groups in total. The van der Waals surface area contributed by atoms with Gasteiger partial charge in [-0.25, -0.2) is 0 Å². The molecule has 0 aliphatic carbocycles. The lowest BCUT2D eigenvalue weighted by molar-refractivity contribution is 0.210. The highest BCUT2D eigenvalue weighted by atomic mass is 32.2. The predicted molar refractivity (Wildman–Crippen MR) is 74.6 cm³/mol. The van der Waals surface area contributed by atoms with Crippen LogP contribution in [0.4, 0.5) is 0 Å². The number of thioether (sulfide) groups is 1. The second kappa shape index (κ2) is 5.09. The summed E-state index contributed by atoms with van der Waals surface area (Å²) in [5.74, 6) is 5.57. The van der Waals surface area contributed by atoms with Crippen molar-refractivity contribution >= 4 is 17.7 Å². The maximum Gasteiger partial charge on any atom is 0.194 e. The zero-order valence-corrected chi connectivity index (χ0v) is 11.5. The Morgan fingerprint density at radius 2 is 2.35 bits per heavy atom. The van der Waals surface area contributed by atoms with Gasteiger partial charge in [0, 0.05) is 13.1 Å². The van der Waals surface area contributed by atoms with Gasteiger partial charge >= 0.3 is 0 Å². The van der Waals surface area contributed by atoms with Crippen molar-refractivity contribution in [2.75, 3.05) is 31.1 Å². The van der Waals surface area contributed by atoms with E-state index in [4.69, 9.17) is 4.99 Å². The quantitative estimate of drug-likeness (QED) is 0.813. The first-order chi connectivity index (χ1) is 8.33. The van der Waals surface area contributed by atoms with E-state index in [9.17, 15) is 0 Å². The molecule has 96 valence electrons. The highest BCUT2D eigenvalue weighted by Crippen LogP contribution is 2.26. The lowest BCUT2D eigenvalue weighted by Gasteiger charge is -2.35. The van der Waals surface area contributed by atoms with E-state index in [1.807, 2.05) is 0 Å². The van der Waals surface area contributed by atoms with Crippen molar-refractivity contribution in [3.05, 3.63) is 0 Å². The summed E-state index contributed by atoms with van der Waals surface area (Å²) in [5, 5.41) is 3.61. The van der Waals surface area contributed by atoms with Gasteiger partial charge in [-0.3, -0.25) is 4.99 Å². The highest BCUT2D eigenvalue weighted by Gasteiger charge is 2.32. The van der Waals surface area contributed by atoms with E-state index in [1.165, 1.54) is 43.3 Å². The first-order valence-corrected chi connectivity index (χ1v) is 8.11. The van der Waals surface area contributed by atoms with E-state index < -0.39 is 0 Å². The smallest absolute Gasteiger partial charge is 0.194 e. The van der Waals surface area contributed by atoms with Crippen LogP contribution in [0.25, 0.3) is 0 Å². The van der Waals surface area contributed by atoms with E-state index >= 15 is 0 Å². The Morgan fingerprint density at radius 1 is 1.41 bits per heavy atom. The highest BCUT2D eigenvalue weighted by molar-refractivity contribution is 7.99. The van der Waals surface area contributed by atoms with Gasteiger partial charge in [-0.05, 0) is 42.6 Å². The van der Waals surface area contributed by atoms with Crippen LogP contribution in [0.2, 0.25) is 0 Å². The number of hydrogen-bond donors (Lipinski definition) is 1. The number of nitrogens with zero attached hydrogens (tertiary/aromatic N) is 2. The second-order valence-electron chi connectivity index (χ2n) is 5.76. The minimum Gasteiger partial charge on any atom is -0.356 e. The molecule has 3 atom stereocenters. The van der Waals surface area contributed by atoms with Crippen LogP contribution in [0.15, 0.2) is 4.99 Å². The second-order valence-corrected chi connectivity index (χ2v) is 6.91. The van der Waals surface area contributed by atoms with E-state index in [0.29, 0.717) is 6.04 Å². The Hall–Kier alpha value is -0.380. The van der Waals surface area contributed by atoms with Crippen molar-refractivity contribution in [2.24, 2.45) is 16.8 Å². The molecule has 3 aliphatic rings. The first kappa shape index (κ1) is 11.7.